The van der Waals surface area contributed by atoms with E-state index < -0.39 is 11.3 Å². The second-order valence-electron chi connectivity index (χ2n) is 12.7. The number of pyridine rings is 3. The van der Waals surface area contributed by atoms with Crippen LogP contribution in [-0.4, -0.2) is 66.3 Å². The maximum absolute atomic E-state index is 14.1. The van der Waals surface area contributed by atoms with Gasteiger partial charge < -0.3 is 20.3 Å². The SMILES string of the molecule is Cc1ccnc(C(C)C)c1-n1c(=O)nc(N2C[C@@H](C)N(C(=O)OC(C)(C)C)C[C@@H]2C)c2cc(Cl)c(-c3cccnc3N)nc21. The van der Waals surface area contributed by atoms with Crippen LogP contribution in [-0.2, 0) is 4.74 Å². The molecule has 1 aliphatic heterocycles. The van der Waals surface area contributed by atoms with Crippen LogP contribution in [0.1, 0.15) is 65.6 Å². The summed E-state index contributed by atoms with van der Waals surface area (Å²) in [6, 6.07) is 6.79. The number of ether oxygens (including phenoxy) is 1. The average Bonchev–Trinajstić information content (AvgIpc) is 2.93. The molecule has 1 aliphatic rings. The molecular formula is C32H39ClN8O3. The van der Waals surface area contributed by atoms with Crippen LogP contribution < -0.4 is 16.3 Å². The van der Waals surface area contributed by atoms with E-state index in [0.717, 1.165) is 11.3 Å². The zero-order valence-electron chi connectivity index (χ0n) is 26.4. The van der Waals surface area contributed by atoms with Crippen LogP contribution in [0.3, 0.4) is 0 Å². The van der Waals surface area contributed by atoms with E-state index in [0.29, 0.717) is 51.9 Å². The smallest absolute Gasteiger partial charge is 0.410 e. The molecule has 12 heteroatoms. The first-order valence-electron chi connectivity index (χ1n) is 14.7. The maximum atomic E-state index is 14.1. The minimum atomic E-state index is -0.615. The second kappa shape index (κ2) is 11.7. The summed E-state index contributed by atoms with van der Waals surface area (Å²) in [4.78, 5) is 49.4. The van der Waals surface area contributed by atoms with Crippen LogP contribution in [0, 0.1) is 6.92 Å². The van der Waals surface area contributed by atoms with E-state index in [9.17, 15) is 9.59 Å². The number of carbonyl (C=O) groups excluding carboxylic acids is 1. The topological polar surface area (TPSA) is 132 Å². The predicted octanol–water partition coefficient (Wildman–Crippen LogP) is 5.74. The lowest BCUT2D eigenvalue weighted by molar-refractivity contribution is 0.0130. The van der Waals surface area contributed by atoms with Crippen molar-refractivity contribution in [2.75, 3.05) is 23.7 Å². The first kappa shape index (κ1) is 31.2. The number of anilines is 2. The van der Waals surface area contributed by atoms with Gasteiger partial charge in [-0.25, -0.2) is 24.1 Å². The van der Waals surface area contributed by atoms with Crippen molar-refractivity contribution >= 4 is 40.4 Å². The lowest BCUT2D eigenvalue weighted by Crippen LogP contribution is -2.59. The van der Waals surface area contributed by atoms with Gasteiger partial charge in [-0.2, -0.15) is 4.98 Å². The van der Waals surface area contributed by atoms with Crippen LogP contribution in [0.4, 0.5) is 16.4 Å². The van der Waals surface area contributed by atoms with Gasteiger partial charge in [-0.1, -0.05) is 25.4 Å². The summed E-state index contributed by atoms with van der Waals surface area (Å²) in [7, 11) is 0. The number of hydrogen-bond acceptors (Lipinski definition) is 9. The number of fused-ring (bicyclic) bond motifs is 1. The molecule has 5 rings (SSSR count). The van der Waals surface area contributed by atoms with Gasteiger partial charge in [0.1, 0.15) is 17.2 Å². The normalized spacial score (nSPS) is 17.4. The molecule has 0 spiro atoms. The van der Waals surface area contributed by atoms with Gasteiger partial charge in [-0.3, -0.25) is 4.98 Å². The first-order valence-corrected chi connectivity index (χ1v) is 15.1. The van der Waals surface area contributed by atoms with Crippen LogP contribution >= 0.6 is 11.6 Å². The van der Waals surface area contributed by atoms with E-state index in [1.54, 1.807) is 35.5 Å². The van der Waals surface area contributed by atoms with Gasteiger partial charge >= 0.3 is 11.8 Å². The third-order valence-corrected chi connectivity index (χ3v) is 7.99. The average molecular weight is 619 g/mol. The van der Waals surface area contributed by atoms with Crippen molar-refractivity contribution in [2.24, 2.45) is 0 Å². The number of aromatic nitrogens is 5. The van der Waals surface area contributed by atoms with Gasteiger partial charge in [-0.15, -0.1) is 0 Å². The number of nitrogen functional groups attached to an aromatic ring is 1. The van der Waals surface area contributed by atoms with Gasteiger partial charge in [0.25, 0.3) is 0 Å². The zero-order valence-corrected chi connectivity index (χ0v) is 27.2. The Labute approximate surface area is 262 Å². The molecule has 0 saturated carbocycles. The Balaban J connectivity index is 1.74. The summed E-state index contributed by atoms with van der Waals surface area (Å²) in [6.45, 7) is 16.3. The highest BCUT2D eigenvalue weighted by molar-refractivity contribution is 6.34. The molecular weight excluding hydrogens is 580 g/mol. The first-order chi connectivity index (χ1) is 20.7. The summed E-state index contributed by atoms with van der Waals surface area (Å²) < 4.78 is 7.19. The van der Waals surface area contributed by atoms with Crippen LogP contribution in [0.25, 0.3) is 28.0 Å². The number of nitrogens with two attached hydrogens (primary N) is 1. The van der Waals surface area contributed by atoms with E-state index in [1.807, 2.05) is 66.4 Å². The van der Waals surface area contributed by atoms with E-state index in [1.165, 1.54) is 4.57 Å². The molecule has 232 valence electrons. The molecule has 0 bridgehead atoms. The third-order valence-electron chi connectivity index (χ3n) is 7.71. The zero-order chi connectivity index (χ0) is 32.1. The quantitative estimate of drug-likeness (QED) is 0.304. The van der Waals surface area contributed by atoms with Gasteiger partial charge in [-0.05, 0) is 77.3 Å². The van der Waals surface area contributed by atoms with Crippen LogP contribution in [0.5, 0.6) is 0 Å². The number of piperazine rings is 1. The van der Waals surface area contributed by atoms with E-state index in [4.69, 9.17) is 27.1 Å². The van der Waals surface area contributed by atoms with Crippen molar-refractivity contribution in [3.05, 3.63) is 63.4 Å². The molecule has 0 radical (unpaired) electrons. The van der Waals surface area contributed by atoms with Crippen molar-refractivity contribution in [1.82, 2.24) is 29.4 Å². The number of aryl methyl sites for hydroxylation is 1. The van der Waals surface area contributed by atoms with Gasteiger partial charge in [0.05, 0.1) is 27.5 Å². The van der Waals surface area contributed by atoms with Crippen LogP contribution in [0.15, 0.2) is 41.5 Å². The third kappa shape index (κ3) is 5.80. The minimum Gasteiger partial charge on any atom is -0.444 e. The molecule has 4 aromatic heterocycles. The summed E-state index contributed by atoms with van der Waals surface area (Å²) in [6.07, 6.45) is 2.96. The molecule has 2 N–H and O–H groups in total. The van der Waals surface area contributed by atoms with E-state index in [-0.39, 0.29) is 29.9 Å². The highest BCUT2D eigenvalue weighted by Crippen LogP contribution is 2.37. The van der Waals surface area contributed by atoms with E-state index in [2.05, 4.69) is 15.0 Å². The Hall–Kier alpha value is -4.25. The predicted molar refractivity (Wildman–Crippen MR) is 174 cm³/mol. The van der Waals surface area contributed by atoms with Crippen LogP contribution in [0.2, 0.25) is 5.02 Å². The molecule has 1 amide bonds. The molecule has 11 nitrogen and oxygen atoms in total. The minimum absolute atomic E-state index is 0.0223. The largest absolute Gasteiger partial charge is 0.444 e. The van der Waals surface area contributed by atoms with Gasteiger partial charge in [0.2, 0.25) is 0 Å². The van der Waals surface area contributed by atoms with Crippen molar-refractivity contribution in [2.45, 2.75) is 79.0 Å². The standard InChI is InChI=1S/C32H39ClN8O3/c1-17(2)24-26(18(3)11-13-35-24)41-29-22(14-23(33)25(37-29)21-10-9-12-36-27(21)34)28(38-30(41)42)39-15-20(5)40(16-19(39)4)31(43)44-32(6,7)8/h9-14,17,19-20H,15-16H2,1-8H3,(H2,34,36)/t19-,20+/m0/s1. The van der Waals surface area contributed by atoms with E-state index >= 15 is 0 Å². The second-order valence-corrected chi connectivity index (χ2v) is 13.1. The number of carbonyl (C=O) groups is 1. The molecule has 4 aromatic rings. The molecule has 1 saturated heterocycles. The van der Waals surface area contributed by atoms with Crippen molar-refractivity contribution in [3.8, 4) is 16.9 Å². The highest BCUT2D eigenvalue weighted by atomic mass is 35.5. The Morgan fingerprint density at radius 1 is 1.09 bits per heavy atom. The maximum Gasteiger partial charge on any atom is 0.410 e. The molecule has 0 aromatic carbocycles. The number of amides is 1. The molecule has 0 unspecified atom stereocenters. The Kier molecular flexibility index (Phi) is 8.28. The lowest BCUT2D eigenvalue weighted by Gasteiger charge is -2.44. The molecule has 5 heterocycles. The summed E-state index contributed by atoms with van der Waals surface area (Å²) >= 11 is 6.90. The lowest BCUT2D eigenvalue weighted by atomic mass is 10.0. The van der Waals surface area contributed by atoms with Gasteiger partial charge in [0.15, 0.2) is 5.65 Å². The Morgan fingerprint density at radius 3 is 2.48 bits per heavy atom. The molecule has 2 atom stereocenters. The molecule has 44 heavy (non-hydrogen) atoms. The molecule has 0 aliphatic carbocycles. The Morgan fingerprint density at radius 2 is 1.82 bits per heavy atom. The monoisotopic (exact) mass is 618 g/mol. The fourth-order valence-electron chi connectivity index (χ4n) is 5.61. The summed E-state index contributed by atoms with van der Waals surface area (Å²) in [5.41, 5.74) is 8.68. The fourth-order valence-corrected chi connectivity index (χ4v) is 5.87. The highest BCUT2D eigenvalue weighted by Gasteiger charge is 2.36. The molecule has 1 fully saturated rings. The number of hydrogen-bond donors (Lipinski definition) is 1. The Bertz CT molecular complexity index is 1800. The number of nitrogens with zero attached hydrogens (tertiary/aromatic N) is 7. The van der Waals surface area contributed by atoms with Crippen molar-refractivity contribution in [1.29, 1.82) is 0 Å². The van der Waals surface area contributed by atoms with Gasteiger partial charge in [0, 0.05) is 43.1 Å². The number of rotatable bonds is 4. The summed E-state index contributed by atoms with van der Waals surface area (Å²) in [5.74, 6) is 0.733. The summed E-state index contributed by atoms with van der Waals surface area (Å²) in [5, 5.41) is 0.925. The van der Waals surface area contributed by atoms with Crippen molar-refractivity contribution < 1.29 is 9.53 Å². The van der Waals surface area contributed by atoms with Crippen molar-refractivity contribution in [3.63, 3.8) is 0 Å². The number of halogens is 1. The fraction of sp³-hybridized carbons (Fsp3) is 0.438.